The van der Waals surface area contributed by atoms with Crippen LogP contribution in [0.1, 0.15) is 54.5 Å². The molecule has 2 aromatic carbocycles. The van der Waals surface area contributed by atoms with Gasteiger partial charge >= 0.3 is 18.4 Å². The molecule has 11 heteroatoms. The number of cyclic esters (lactones) is 1. The molecule has 2 saturated heterocycles. The zero-order valence-corrected chi connectivity index (χ0v) is 19.7. The predicted octanol–water partition coefficient (Wildman–Crippen LogP) is 5.91. The van der Waals surface area contributed by atoms with Crippen LogP contribution in [0.5, 0.6) is 0 Å². The zero-order chi connectivity index (χ0) is 26.9. The van der Waals surface area contributed by atoms with Gasteiger partial charge in [0.25, 0.3) is 0 Å². The molecule has 1 amide bonds. The number of hydrogen-bond donors (Lipinski definition) is 2. The quantitative estimate of drug-likeness (QED) is 0.386. The lowest BCUT2D eigenvalue weighted by molar-refractivity contribution is -0.143. The molecule has 2 aliphatic heterocycles. The molecule has 198 valence electrons. The first-order chi connectivity index (χ1) is 17.3. The summed E-state index contributed by atoms with van der Waals surface area (Å²) in [5.41, 5.74) is -3.73. The number of rotatable bonds is 3. The van der Waals surface area contributed by atoms with Gasteiger partial charge in [0.15, 0.2) is 0 Å². The number of halogens is 6. The molecule has 2 fully saturated rings. The first-order valence-corrected chi connectivity index (χ1v) is 11.5. The van der Waals surface area contributed by atoms with Crippen LogP contribution < -0.4 is 10.6 Å². The van der Waals surface area contributed by atoms with Gasteiger partial charge in [0.2, 0.25) is 0 Å². The smallest absolute Gasteiger partial charge is 0.416 e. The Morgan fingerprint density at radius 2 is 1.62 bits per heavy atom. The minimum atomic E-state index is -4.96. The van der Waals surface area contributed by atoms with Gasteiger partial charge in [-0.05, 0) is 55.0 Å². The van der Waals surface area contributed by atoms with Crippen molar-refractivity contribution in [3.63, 3.8) is 0 Å². The van der Waals surface area contributed by atoms with E-state index in [1.807, 2.05) is 30.3 Å². The number of carbonyl (C=O) groups excluding carboxylic acids is 1. The van der Waals surface area contributed by atoms with E-state index in [4.69, 9.17) is 9.47 Å². The van der Waals surface area contributed by atoms with Crippen LogP contribution in [0.4, 0.5) is 31.1 Å². The SMILES string of the molecule is C[C@@H](OC#C[C@@]1(c2ccccc2)CCC2(CCOC(=O)N2)CN1)c1cc(C(F)(F)F)cc(C(F)(F)F)c1. The predicted molar refractivity (Wildman–Crippen MR) is 121 cm³/mol. The van der Waals surface area contributed by atoms with E-state index in [1.54, 1.807) is 0 Å². The molecule has 1 spiro atoms. The molecular weight excluding hydrogens is 502 g/mol. The number of hydrogen-bond acceptors (Lipinski definition) is 4. The van der Waals surface area contributed by atoms with Crippen LogP contribution in [0.15, 0.2) is 48.5 Å². The van der Waals surface area contributed by atoms with Crippen LogP contribution in [0.3, 0.4) is 0 Å². The first-order valence-electron chi connectivity index (χ1n) is 11.5. The molecular formula is C26H24F6N2O3. The van der Waals surface area contributed by atoms with Crippen molar-refractivity contribution in [3.05, 3.63) is 70.8 Å². The van der Waals surface area contributed by atoms with Crippen molar-refractivity contribution < 1.29 is 40.6 Å². The van der Waals surface area contributed by atoms with Crippen molar-refractivity contribution in [2.24, 2.45) is 0 Å². The van der Waals surface area contributed by atoms with E-state index in [1.165, 1.54) is 6.92 Å². The largest absolute Gasteiger partial charge is 0.449 e. The highest BCUT2D eigenvalue weighted by Gasteiger charge is 2.45. The second-order valence-corrected chi connectivity index (χ2v) is 9.24. The van der Waals surface area contributed by atoms with Gasteiger partial charge in [-0.3, -0.25) is 5.32 Å². The third-order valence-electron chi connectivity index (χ3n) is 6.73. The summed E-state index contributed by atoms with van der Waals surface area (Å²) in [6.45, 7) is 2.00. The fourth-order valence-corrected chi connectivity index (χ4v) is 4.53. The molecule has 1 unspecified atom stereocenters. The van der Waals surface area contributed by atoms with Crippen molar-refractivity contribution in [1.82, 2.24) is 10.6 Å². The van der Waals surface area contributed by atoms with Gasteiger partial charge in [-0.2, -0.15) is 26.3 Å². The molecule has 37 heavy (non-hydrogen) atoms. The van der Waals surface area contributed by atoms with Crippen molar-refractivity contribution in [1.29, 1.82) is 0 Å². The molecule has 4 rings (SSSR count). The number of carbonyl (C=O) groups is 1. The van der Waals surface area contributed by atoms with Crippen molar-refractivity contribution >= 4 is 6.09 Å². The first kappa shape index (κ1) is 26.7. The molecule has 0 aliphatic carbocycles. The second kappa shape index (κ2) is 9.82. The molecule has 2 N–H and O–H groups in total. The van der Waals surface area contributed by atoms with Crippen LogP contribution >= 0.6 is 0 Å². The summed E-state index contributed by atoms with van der Waals surface area (Å²) < 4.78 is 89.8. The molecule has 0 bridgehead atoms. The number of nitrogens with one attached hydrogen (secondary N) is 2. The van der Waals surface area contributed by atoms with Crippen LogP contribution in [0.2, 0.25) is 0 Å². The van der Waals surface area contributed by atoms with Crippen LogP contribution in [0.25, 0.3) is 0 Å². The fraction of sp³-hybridized carbons (Fsp3) is 0.423. The highest BCUT2D eigenvalue weighted by Crippen LogP contribution is 2.39. The summed E-state index contributed by atoms with van der Waals surface area (Å²) >= 11 is 0. The average molecular weight is 526 g/mol. The Labute approximate surface area is 209 Å². The molecule has 0 aromatic heterocycles. The number of alkyl carbamates (subject to hydrolysis) is 1. The second-order valence-electron chi connectivity index (χ2n) is 9.24. The van der Waals surface area contributed by atoms with Gasteiger partial charge in [0.1, 0.15) is 17.7 Å². The summed E-state index contributed by atoms with van der Waals surface area (Å²) in [6.07, 6.45) is -7.43. The fourth-order valence-electron chi connectivity index (χ4n) is 4.53. The van der Waals surface area contributed by atoms with Crippen molar-refractivity contribution in [3.8, 4) is 12.0 Å². The molecule has 3 atom stereocenters. The summed E-state index contributed by atoms with van der Waals surface area (Å²) in [4.78, 5) is 11.8. The van der Waals surface area contributed by atoms with Crippen LogP contribution in [-0.2, 0) is 27.4 Å². The third kappa shape index (κ3) is 5.96. The maximum absolute atomic E-state index is 13.2. The molecule has 0 radical (unpaired) electrons. The average Bonchev–Trinajstić information content (AvgIpc) is 2.84. The van der Waals surface area contributed by atoms with Gasteiger partial charge in [-0.25, -0.2) is 4.79 Å². The third-order valence-corrected chi connectivity index (χ3v) is 6.73. The molecule has 2 heterocycles. The Balaban J connectivity index is 1.59. The summed E-state index contributed by atoms with van der Waals surface area (Å²) in [5.74, 6) is 3.00. The van der Waals surface area contributed by atoms with E-state index in [-0.39, 0.29) is 18.2 Å². The van der Waals surface area contributed by atoms with Gasteiger partial charge < -0.3 is 14.8 Å². The molecule has 2 aliphatic rings. The van der Waals surface area contributed by atoms with Crippen LogP contribution in [0, 0.1) is 12.0 Å². The minimum absolute atomic E-state index is 0.0726. The maximum atomic E-state index is 13.2. The lowest BCUT2D eigenvalue weighted by Crippen LogP contribution is -2.65. The van der Waals surface area contributed by atoms with Gasteiger partial charge in [0, 0.05) is 13.0 Å². The zero-order valence-electron chi connectivity index (χ0n) is 19.7. The minimum Gasteiger partial charge on any atom is -0.449 e. The number of amides is 1. The van der Waals surface area contributed by atoms with Gasteiger partial charge in [-0.1, -0.05) is 30.3 Å². The van der Waals surface area contributed by atoms with Crippen molar-refractivity contribution in [2.75, 3.05) is 13.2 Å². The lowest BCUT2D eigenvalue weighted by atomic mass is 9.75. The Morgan fingerprint density at radius 3 is 2.16 bits per heavy atom. The maximum Gasteiger partial charge on any atom is 0.416 e. The molecule has 0 saturated carbocycles. The Bertz CT molecular complexity index is 1160. The monoisotopic (exact) mass is 526 g/mol. The summed E-state index contributed by atoms with van der Waals surface area (Å²) in [5, 5.41) is 6.24. The topological polar surface area (TPSA) is 59.6 Å². The van der Waals surface area contributed by atoms with E-state index >= 15 is 0 Å². The summed E-state index contributed by atoms with van der Waals surface area (Å²) in [6, 6.07) is 10.5. The highest BCUT2D eigenvalue weighted by atomic mass is 19.4. The molecule has 2 aromatic rings. The summed E-state index contributed by atoms with van der Waals surface area (Å²) in [7, 11) is 0. The van der Waals surface area contributed by atoms with E-state index < -0.39 is 46.8 Å². The number of piperidine rings is 1. The van der Waals surface area contributed by atoms with E-state index in [0.29, 0.717) is 37.9 Å². The molecule has 5 nitrogen and oxygen atoms in total. The Kier molecular flexibility index (Phi) is 7.08. The number of alkyl halides is 6. The Morgan fingerprint density at radius 1 is 0.973 bits per heavy atom. The lowest BCUT2D eigenvalue weighted by Gasteiger charge is -2.47. The van der Waals surface area contributed by atoms with Gasteiger partial charge in [-0.15, -0.1) is 0 Å². The van der Waals surface area contributed by atoms with Crippen LogP contribution in [-0.4, -0.2) is 24.8 Å². The van der Waals surface area contributed by atoms with E-state index in [0.717, 1.165) is 5.56 Å². The van der Waals surface area contributed by atoms with Gasteiger partial charge in [0.05, 0.1) is 23.3 Å². The normalized spacial score (nSPS) is 24.9. The number of ether oxygens (including phenoxy) is 2. The standard InChI is InChI=1S/C26H24F6N2O3/c1-17(18-13-20(25(27,28)29)15-21(14-18)26(30,31)32)36-12-10-24(19-5-3-2-4-6-19)8-7-23(16-33-24)9-11-37-22(35)34-23/h2-6,13-15,17,33H,7-9,11,16H2,1H3,(H,34,35)/t17-,23?,24-/m1/s1. The van der Waals surface area contributed by atoms with E-state index in [9.17, 15) is 31.1 Å². The number of benzene rings is 2. The van der Waals surface area contributed by atoms with E-state index in [2.05, 4.69) is 22.7 Å². The van der Waals surface area contributed by atoms with Crippen molar-refractivity contribution in [2.45, 2.75) is 55.7 Å². The Hall–Kier alpha value is -3.39. The highest BCUT2D eigenvalue weighted by molar-refractivity contribution is 5.69.